The molecule has 0 aliphatic heterocycles. The Morgan fingerprint density at radius 2 is 1.83 bits per heavy atom. The molecule has 0 unspecified atom stereocenters. The van der Waals surface area contributed by atoms with E-state index in [1.54, 1.807) is 0 Å². The van der Waals surface area contributed by atoms with Gasteiger partial charge in [-0.1, -0.05) is 12.8 Å². The zero-order valence-corrected chi connectivity index (χ0v) is 7.37. The number of aliphatic hydroxyl groups excluding tert-OH is 2. The molecule has 0 amide bonds. The second kappa shape index (κ2) is 4.21. The molecule has 1 atom stereocenters. The molecule has 0 bridgehead atoms. The maximum Gasteiger partial charge on any atom is 0.0772 e. The first-order valence-electron chi connectivity index (χ1n) is 4.68. The largest absolute Gasteiger partial charge is 0.394 e. The normalized spacial score (nSPS) is 24.2. The van der Waals surface area contributed by atoms with E-state index in [-0.39, 0.29) is 6.61 Å². The fourth-order valence-corrected chi connectivity index (χ4v) is 1.81. The Bertz CT molecular complexity index is 130. The van der Waals surface area contributed by atoms with Crippen LogP contribution in [0.5, 0.6) is 0 Å². The molecule has 1 rings (SSSR count). The van der Waals surface area contributed by atoms with Crippen LogP contribution >= 0.6 is 0 Å². The molecule has 1 aliphatic carbocycles. The lowest BCUT2D eigenvalue weighted by Gasteiger charge is -2.22. The van der Waals surface area contributed by atoms with Crippen LogP contribution in [0.3, 0.4) is 0 Å². The Morgan fingerprint density at radius 3 is 2.33 bits per heavy atom. The molecule has 1 fully saturated rings. The lowest BCUT2D eigenvalue weighted by molar-refractivity contribution is 0.0118. The predicted molar refractivity (Wildman–Crippen MR) is 45.7 cm³/mol. The van der Waals surface area contributed by atoms with Crippen LogP contribution in [0.25, 0.3) is 0 Å². The van der Waals surface area contributed by atoms with Crippen molar-refractivity contribution in [2.45, 2.75) is 50.2 Å². The average Bonchev–Trinajstić information content (AvgIpc) is 2.49. The van der Waals surface area contributed by atoms with Crippen molar-refractivity contribution >= 4 is 0 Å². The van der Waals surface area contributed by atoms with E-state index >= 15 is 0 Å². The summed E-state index contributed by atoms with van der Waals surface area (Å²) in [4.78, 5) is 0. The van der Waals surface area contributed by atoms with Gasteiger partial charge in [-0.2, -0.15) is 0 Å². The maximum absolute atomic E-state index is 9.84. The third kappa shape index (κ3) is 2.73. The highest BCUT2D eigenvalue weighted by atomic mass is 16.3. The van der Waals surface area contributed by atoms with E-state index in [9.17, 15) is 5.11 Å². The first-order valence-corrected chi connectivity index (χ1v) is 4.68. The summed E-state index contributed by atoms with van der Waals surface area (Å²) < 4.78 is 0. The standard InChI is InChI=1S/C9H18O3/c10-7-8(11)3-6-9(12)4-1-2-5-9/h8,10-12H,1-7H2/t8-/m1/s1. The van der Waals surface area contributed by atoms with Crippen molar-refractivity contribution in [1.29, 1.82) is 0 Å². The van der Waals surface area contributed by atoms with Gasteiger partial charge >= 0.3 is 0 Å². The van der Waals surface area contributed by atoms with E-state index < -0.39 is 11.7 Å². The highest BCUT2D eigenvalue weighted by molar-refractivity contribution is 4.84. The van der Waals surface area contributed by atoms with Crippen molar-refractivity contribution in [1.82, 2.24) is 0 Å². The van der Waals surface area contributed by atoms with Gasteiger partial charge in [0, 0.05) is 0 Å². The number of rotatable bonds is 4. The fraction of sp³-hybridized carbons (Fsp3) is 1.00. The Labute approximate surface area is 73.0 Å². The molecule has 1 aliphatic rings. The van der Waals surface area contributed by atoms with Gasteiger partial charge < -0.3 is 15.3 Å². The molecule has 0 radical (unpaired) electrons. The quantitative estimate of drug-likeness (QED) is 0.579. The van der Waals surface area contributed by atoms with E-state index in [2.05, 4.69) is 0 Å². The van der Waals surface area contributed by atoms with Crippen LogP contribution in [0.15, 0.2) is 0 Å². The van der Waals surface area contributed by atoms with Crippen molar-refractivity contribution < 1.29 is 15.3 Å². The van der Waals surface area contributed by atoms with E-state index in [1.165, 1.54) is 0 Å². The van der Waals surface area contributed by atoms with Crippen molar-refractivity contribution in [3.05, 3.63) is 0 Å². The summed E-state index contributed by atoms with van der Waals surface area (Å²) in [6.07, 6.45) is 4.35. The topological polar surface area (TPSA) is 60.7 Å². The van der Waals surface area contributed by atoms with Gasteiger partial charge in [-0.25, -0.2) is 0 Å². The van der Waals surface area contributed by atoms with Gasteiger partial charge in [0.1, 0.15) is 0 Å². The Morgan fingerprint density at radius 1 is 1.25 bits per heavy atom. The minimum absolute atomic E-state index is 0.198. The molecule has 12 heavy (non-hydrogen) atoms. The third-order valence-corrected chi connectivity index (χ3v) is 2.69. The smallest absolute Gasteiger partial charge is 0.0772 e. The van der Waals surface area contributed by atoms with Crippen molar-refractivity contribution in [2.24, 2.45) is 0 Å². The lowest BCUT2D eigenvalue weighted by atomic mass is 9.94. The molecule has 3 N–H and O–H groups in total. The molecule has 1 saturated carbocycles. The highest BCUT2D eigenvalue weighted by Gasteiger charge is 2.30. The summed E-state index contributed by atoms with van der Waals surface area (Å²) in [7, 11) is 0. The number of aliphatic hydroxyl groups is 3. The SMILES string of the molecule is OC[C@H](O)CCC1(O)CCCC1. The van der Waals surface area contributed by atoms with Gasteiger partial charge in [-0.05, 0) is 25.7 Å². The van der Waals surface area contributed by atoms with Crippen molar-refractivity contribution in [3.63, 3.8) is 0 Å². The second-order valence-electron chi connectivity index (χ2n) is 3.81. The van der Waals surface area contributed by atoms with Crippen LogP contribution in [-0.4, -0.2) is 33.6 Å². The van der Waals surface area contributed by atoms with E-state index in [0.29, 0.717) is 12.8 Å². The van der Waals surface area contributed by atoms with E-state index in [4.69, 9.17) is 10.2 Å². The molecular weight excluding hydrogens is 156 g/mol. The van der Waals surface area contributed by atoms with Crippen LogP contribution in [0.4, 0.5) is 0 Å². The lowest BCUT2D eigenvalue weighted by Crippen LogP contribution is -2.26. The van der Waals surface area contributed by atoms with Gasteiger partial charge in [-0.15, -0.1) is 0 Å². The van der Waals surface area contributed by atoms with Gasteiger partial charge in [-0.3, -0.25) is 0 Å². The molecule has 0 spiro atoms. The molecule has 0 aromatic rings. The van der Waals surface area contributed by atoms with Crippen LogP contribution in [-0.2, 0) is 0 Å². The highest BCUT2D eigenvalue weighted by Crippen LogP contribution is 2.33. The zero-order chi connectivity index (χ0) is 9.03. The van der Waals surface area contributed by atoms with Gasteiger partial charge in [0.25, 0.3) is 0 Å². The first-order chi connectivity index (χ1) is 5.66. The van der Waals surface area contributed by atoms with Gasteiger partial charge in [0.2, 0.25) is 0 Å². The summed E-state index contributed by atoms with van der Waals surface area (Å²) in [5, 5.41) is 27.5. The van der Waals surface area contributed by atoms with Crippen LogP contribution in [0, 0.1) is 0 Å². The minimum atomic E-state index is -0.658. The van der Waals surface area contributed by atoms with Gasteiger partial charge in [0.15, 0.2) is 0 Å². The zero-order valence-electron chi connectivity index (χ0n) is 7.37. The van der Waals surface area contributed by atoms with E-state index in [0.717, 1.165) is 25.7 Å². The Balaban J connectivity index is 2.21. The summed E-state index contributed by atoms with van der Waals surface area (Å²) in [6, 6.07) is 0. The number of hydrogen-bond acceptors (Lipinski definition) is 3. The van der Waals surface area contributed by atoms with Crippen LogP contribution in [0.2, 0.25) is 0 Å². The monoisotopic (exact) mass is 174 g/mol. The van der Waals surface area contributed by atoms with Crippen LogP contribution < -0.4 is 0 Å². The van der Waals surface area contributed by atoms with Crippen molar-refractivity contribution in [2.75, 3.05) is 6.61 Å². The Kier molecular flexibility index (Phi) is 3.50. The first kappa shape index (κ1) is 9.96. The summed E-state index contributed by atoms with van der Waals surface area (Å²) in [5.41, 5.74) is -0.545. The molecule has 3 heteroatoms. The molecule has 0 aromatic heterocycles. The van der Waals surface area contributed by atoms with E-state index in [1.807, 2.05) is 0 Å². The van der Waals surface area contributed by atoms with Crippen molar-refractivity contribution in [3.8, 4) is 0 Å². The molecular formula is C9H18O3. The maximum atomic E-state index is 9.84. The molecule has 3 nitrogen and oxygen atoms in total. The van der Waals surface area contributed by atoms with Gasteiger partial charge in [0.05, 0.1) is 18.3 Å². The summed E-state index contributed by atoms with van der Waals surface area (Å²) >= 11 is 0. The predicted octanol–water partition coefficient (Wildman–Crippen LogP) is 0.425. The number of hydrogen-bond donors (Lipinski definition) is 3. The molecule has 72 valence electrons. The molecule has 0 saturated heterocycles. The molecule has 0 aromatic carbocycles. The fourth-order valence-electron chi connectivity index (χ4n) is 1.81. The van der Waals surface area contributed by atoms with Crippen LogP contribution in [0.1, 0.15) is 38.5 Å². The second-order valence-corrected chi connectivity index (χ2v) is 3.81. The summed E-state index contributed by atoms with van der Waals surface area (Å²) in [6.45, 7) is -0.198. The minimum Gasteiger partial charge on any atom is -0.394 e. The summed E-state index contributed by atoms with van der Waals surface area (Å²) in [5.74, 6) is 0. The average molecular weight is 174 g/mol. The molecule has 0 heterocycles. The Hall–Kier alpha value is -0.120. The third-order valence-electron chi connectivity index (χ3n) is 2.69.